The third kappa shape index (κ3) is 3.09. The molecule has 4 nitrogen and oxygen atoms in total. The third-order valence-corrected chi connectivity index (χ3v) is 3.50. The van der Waals surface area contributed by atoms with E-state index in [4.69, 9.17) is 10.4 Å². The van der Waals surface area contributed by atoms with E-state index in [1.807, 2.05) is 0 Å². The lowest BCUT2D eigenvalue weighted by molar-refractivity contribution is 0.0702. The Morgan fingerprint density at radius 3 is 2.84 bits per heavy atom. The molecule has 0 fully saturated rings. The minimum Gasteiger partial charge on any atom is -0.477 e. The number of aromatic carboxylic acids is 1. The van der Waals surface area contributed by atoms with Crippen molar-refractivity contribution in [2.24, 2.45) is 0 Å². The topological polar surface area (TPSA) is 73.1 Å². The number of halogens is 1. The zero-order valence-corrected chi connectivity index (χ0v) is 10.5. The molecule has 0 aliphatic heterocycles. The second-order valence-corrected chi connectivity index (χ2v) is 4.90. The first-order valence-corrected chi connectivity index (χ1v) is 6.17. The minimum absolute atomic E-state index is 0.0256. The molecule has 19 heavy (non-hydrogen) atoms. The Hall–Kier alpha value is -2.39. The number of hydrogen-bond donors (Lipinski definition) is 2. The van der Waals surface area contributed by atoms with Gasteiger partial charge in [0, 0.05) is 17.1 Å². The predicted molar refractivity (Wildman–Crippen MR) is 69.7 cm³/mol. The molecule has 96 valence electrons. The van der Waals surface area contributed by atoms with Crippen LogP contribution in [0.2, 0.25) is 0 Å². The van der Waals surface area contributed by atoms with E-state index in [0.29, 0.717) is 12.2 Å². The number of nitrogens with zero attached hydrogens (tertiary/aromatic N) is 1. The van der Waals surface area contributed by atoms with Crippen molar-refractivity contribution in [1.29, 1.82) is 5.26 Å². The first-order valence-electron chi connectivity index (χ1n) is 5.35. The number of benzene rings is 1. The third-order valence-electron chi connectivity index (χ3n) is 2.43. The summed E-state index contributed by atoms with van der Waals surface area (Å²) in [5.41, 5.74) is 0.589. The van der Waals surface area contributed by atoms with Gasteiger partial charge in [0.15, 0.2) is 0 Å². The van der Waals surface area contributed by atoms with Crippen molar-refractivity contribution >= 4 is 23.0 Å². The summed E-state index contributed by atoms with van der Waals surface area (Å²) in [6, 6.07) is 9.19. The van der Waals surface area contributed by atoms with Crippen molar-refractivity contribution in [1.82, 2.24) is 0 Å². The van der Waals surface area contributed by atoms with Crippen molar-refractivity contribution in [3.63, 3.8) is 0 Å². The Morgan fingerprint density at radius 2 is 2.21 bits per heavy atom. The molecule has 0 spiro atoms. The van der Waals surface area contributed by atoms with Crippen LogP contribution in [-0.2, 0) is 6.54 Å². The smallest absolute Gasteiger partial charge is 0.345 e. The molecule has 2 rings (SSSR count). The lowest BCUT2D eigenvalue weighted by Gasteiger charge is -2.05. The van der Waals surface area contributed by atoms with Crippen LogP contribution in [0.25, 0.3) is 0 Å². The summed E-state index contributed by atoms with van der Waals surface area (Å²) in [5.74, 6) is -1.51. The molecule has 0 saturated heterocycles. The molecule has 1 heterocycles. The van der Waals surface area contributed by atoms with Gasteiger partial charge < -0.3 is 10.4 Å². The maximum atomic E-state index is 13.1. The van der Waals surface area contributed by atoms with E-state index in [0.717, 1.165) is 4.88 Å². The number of hydrogen-bond acceptors (Lipinski definition) is 4. The molecule has 2 N–H and O–H groups in total. The van der Waals surface area contributed by atoms with Gasteiger partial charge in [0.1, 0.15) is 16.8 Å². The van der Waals surface area contributed by atoms with E-state index in [2.05, 4.69) is 5.32 Å². The van der Waals surface area contributed by atoms with Crippen molar-refractivity contribution in [2.45, 2.75) is 6.54 Å². The summed E-state index contributed by atoms with van der Waals surface area (Å²) in [5, 5.41) is 20.5. The van der Waals surface area contributed by atoms with E-state index in [-0.39, 0.29) is 10.4 Å². The molecular formula is C13H9FN2O2S. The number of nitriles is 1. The number of anilines is 1. The zero-order valence-electron chi connectivity index (χ0n) is 9.68. The highest BCUT2D eigenvalue weighted by molar-refractivity contribution is 7.13. The van der Waals surface area contributed by atoms with Crippen LogP contribution in [0, 0.1) is 17.1 Å². The first-order chi connectivity index (χ1) is 9.10. The fourth-order valence-corrected chi connectivity index (χ4v) is 2.28. The molecule has 0 unspecified atom stereocenters. The maximum Gasteiger partial charge on any atom is 0.345 e. The Balaban J connectivity index is 2.06. The van der Waals surface area contributed by atoms with Crippen LogP contribution < -0.4 is 5.32 Å². The molecule has 1 aromatic heterocycles. The lowest BCUT2D eigenvalue weighted by Crippen LogP contribution is -1.98. The van der Waals surface area contributed by atoms with E-state index in [9.17, 15) is 9.18 Å². The van der Waals surface area contributed by atoms with Gasteiger partial charge in [-0.15, -0.1) is 11.3 Å². The number of nitrogens with one attached hydrogen (secondary N) is 1. The SMILES string of the molecule is N#Cc1cc(NCc2ccc(C(=O)O)s2)ccc1F. The molecule has 6 heteroatoms. The highest BCUT2D eigenvalue weighted by Crippen LogP contribution is 2.19. The van der Waals surface area contributed by atoms with Crippen molar-refractivity contribution < 1.29 is 14.3 Å². The fraction of sp³-hybridized carbons (Fsp3) is 0.0769. The summed E-state index contributed by atoms with van der Waals surface area (Å²) in [4.78, 5) is 11.8. The van der Waals surface area contributed by atoms with Gasteiger partial charge in [0.05, 0.1) is 5.56 Å². The van der Waals surface area contributed by atoms with Crippen molar-refractivity contribution in [3.8, 4) is 6.07 Å². The highest BCUT2D eigenvalue weighted by Gasteiger charge is 2.07. The molecule has 0 bridgehead atoms. The molecular weight excluding hydrogens is 267 g/mol. The number of thiophene rings is 1. The van der Waals surface area contributed by atoms with Gasteiger partial charge in [-0.3, -0.25) is 0 Å². The Bertz CT molecular complexity index is 661. The quantitative estimate of drug-likeness (QED) is 0.900. The summed E-state index contributed by atoms with van der Waals surface area (Å²) in [7, 11) is 0. The van der Waals surface area contributed by atoms with Gasteiger partial charge in [0.25, 0.3) is 0 Å². The van der Waals surface area contributed by atoms with Crippen LogP contribution in [0.5, 0.6) is 0 Å². The van der Waals surface area contributed by atoms with Gasteiger partial charge in [-0.2, -0.15) is 5.26 Å². The maximum absolute atomic E-state index is 13.1. The normalized spacial score (nSPS) is 9.89. The highest BCUT2D eigenvalue weighted by atomic mass is 32.1. The lowest BCUT2D eigenvalue weighted by atomic mass is 10.2. The van der Waals surface area contributed by atoms with E-state index < -0.39 is 11.8 Å². The number of carboxylic acid groups (broad SMARTS) is 1. The minimum atomic E-state index is -0.954. The first kappa shape index (κ1) is 13.1. The average molecular weight is 276 g/mol. The van der Waals surface area contributed by atoms with E-state index in [1.165, 1.54) is 35.6 Å². The summed E-state index contributed by atoms with van der Waals surface area (Å²) in [6.45, 7) is 0.425. The molecule has 0 aliphatic carbocycles. The van der Waals surface area contributed by atoms with Crippen LogP contribution in [0.15, 0.2) is 30.3 Å². The van der Waals surface area contributed by atoms with Gasteiger partial charge in [-0.05, 0) is 30.3 Å². The van der Waals surface area contributed by atoms with Crippen LogP contribution in [-0.4, -0.2) is 11.1 Å². The van der Waals surface area contributed by atoms with Crippen molar-refractivity contribution in [2.75, 3.05) is 5.32 Å². The van der Waals surface area contributed by atoms with Crippen LogP contribution in [0.1, 0.15) is 20.1 Å². The molecule has 0 aliphatic rings. The second-order valence-electron chi connectivity index (χ2n) is 3.73. The monoisotopic (exact) mass is 276 g/mol. The molecule has 1 aromatic carbocycles. The molecule has 0 atom stereocenters. The van der Waals surface area contributed by atoms with Crippen LogP contribution in [0.4, 0.5) is 10.1 Å². The van der Waals surface area contributed by atoms with Gasteiger partial charge in [-0.1, -0.05) is 0 Å². The number of carboxylic acids is 1. The van der Waals surface area contributed by atoms with Crippen LogP contribution in [0.3, 0.4) is 0 Å². The van der Waals surface area contributed by atoms with Gasteiger partial charge in [0.2, 0.25) is 0 Å². The van der Waals surface area contributed by atoms with Crippen LogP contribution >= 0.6 is 11.3 Å². The zero-order chi connectivity index (χ0) is 13.8. The number of carbonyl (C=O) groups is 1. The summed E-state index contributed by atoms with van der Waals surface area (Å²) >= 11 is 1.17. The summed E-state index contributed by atoms with van der Waals surface area (Å²) in [6.07, 6.45) is 0. The Kier molecular flexibility index (Phi) is 3.78. The Morgan fingerprint density at radius 1 is 1.42 bits per heavy atom. The molecule has 0 saturated carbocycles. The molecule has 0 radical (unpaired) electrons. The summed E-state index contributed by atoms with van der Waals surface area (Å²) < 4.78 is 13.1. The Labute approximate surface area is 112 Å². The van der Waals surface area contributed by atoms with Crippen molar-refractivity contribution in [3.05, 3.63) is 51.5 Å². The van der Waals surface area contributed by atoms with Gasteiger partial charge >= 0.3 is 5.97 Å². The molecule has 0 amide bonds. The standard InChI is InChI=1S/C13H9FN2O2S/c14-11-3-1-9(5-8(11)6-15)16-7-10-2-4-12(19-10)13(17)18/h1-5,16H,7H2,(H,17,18). The average Bonchev–Trinajstić information content (AvgIpc) is 2.87. The molecule has 2 aromatic rings. The van der Waals surface area contributed by atoms with E-state index in [1.54, 1.807) is 12.1 Å². The fourth-order valence-electron chi connectivity index (χ4n) is 1.50. The van der Waals surface area contributed by atoms with E-state index >= 15 is 0 Å². The number of rotatable bonds is 4. The second kappa shape index (κ2) is 5.50. The largest absolute Gasteiger partial charge is 0.477 e. The predicted octanol–water partition coefficient (Wildman–Crippen LogP) is 3.07. The van der Waals surface area contributed by atoms with Gasteiger partial charge in [-0.25, -0.2) is 9.18 Å².